The molecule has 1 aromatic heterocycles. The molecule has 0 aromatic carbocycles. The smallest absolute Gasteiger partial charge is 0.261 e. The lowest BCUT2D eigenvalue weighted by Crippen LogP contribution is -2.18. The van der Waals surface area contributed by atoms with Gasteiger partial charge in [-0.3, -0.25) is 0 Å². The number of alkyl halides is 2. The van der Waals surface area contributed by atoms with Crippen LogP contribution in [-0.4, -0.2) is 36.2 Å². The molecule has 0 saturated carbocycles. The molecule has 2 rings (SSSR count). The molecule has 5 nitrogen and oxygen atoms in total. The molecule has 18 heavy (non-hydrogen) atoms. The van der Waals surface area contributed by atoms with Crippen LogP contribution in [0.25, 0.3) is 0 Å². The maximum atomic E-state index is 11.9. The van der Waals surface area contributed by atoms with E-state index in [0.29, 0.717) is 37.7 Å². The van der Waals surface area contributed by atoms with Gasteiger partial charge in [0.15, 0.2) is 0 Å². The minimum absolute atomic E-state index is 0.166. The van der Waals surface area contributed by atoms with Crippen LogP contribution in [0.4, 0.5) is 14.6 Å². The third-order valence-electron chi connectivity index (χ3n) is 2.61. The van der Waals surface area contributed by atoms with Gasteiger partial charge in [0.05, 0.1) is 25.5 Å². The van der Waals surface area contributed by atoms with Crippen LogP contribution in [0.5, 0.6) is 0 Å². The van der Waals surface area contributed by atoms with E-state index in [9.17, 15) is 8.78 Å². The van der Waals surface area contributed by atoms with Gasteiger partial charge in [0.25, 0.3) is 6.43 Å². The number of hydrogen-bond acceptors (Lipinski definition) is 5. The number of nitrogens with zero attached hydrogens (tertiary/aromatic N) is 2. The van der Waals surface area contributed by atoms with Gasteiger partial charge < -0.3 is 15.2 Å². The van der Waals surface area contributed by atoms with Crippen LogP contribution in [0.15, 0.2) is 0 Å². The predicted molar refractivity (Wildman–Crippen MR) is 60.3 cm³/mol. The van der Waals surface area contributed by atoms with Crippen molar-refractivity contribution in [1.29, 1.82) is 0 Å². The Morgan fingerprint density at radius 1 is 1.39 bits per heavy atom. The van der Waals surface area contributed by atoms with E-state index in [4.69, 9.17) is 15.2 Å². The molecule has 0 saturated heterocycles. The fourth-order valence-corrected chi connectivity index (χ4v) is 1.76. The highest BCUT2D eigenvalue weighted by Gasteiger charge is 2.16. The zero-order chi connectivity index (χ0) is 13.0. The lowest BCUT2D eigenvalue weighted by atomic mass is 10.1. The molecule has 0 radical (unpaired) electrons. The molecule has 0 bridgehead atoms. The number of halogens is 2. The molecule has 1 aliphatic heterocycles. The summed E-state index contributed by atoms with van der Waals surface area (Å²) in [6.07, 6.45) is -1.37. The van der Waals surface area contributed by atoms with E-state index in [0.717, 1.165) is 11.3 Å². The summed E-state index contributed by atoms with van der Waals surface area (Å²) >= 11 is 0. The molecule has 0 atom stereocenters. The molecule has 0 amide bonds. The summed E-state index contributed by atoms with van der Waals surface area (Å²) in [5.74, 6) is 0.936. The van der Waals surface area contributed by atoms with Crippen molar-refractivity contribution in [2.45, 2.75) is 25.9 Å². The maximum Gasteiger partial charge on any atom is 0.261 e. The van der Waals surface area contributed by atoms with Gasteiger partial charge in [-0.1, -0.05) is 0 Å². The van der Waals surface area contributed by atoms with E-state index in [-0.39, 0.29) is 6.61 Å². The van der Waals surface area contributed by atoms with Crippen LogP contribution in [0.1, 0.15) is 17.1 Å². The van der Waals surface area contributed by atoms with Gasteiger partial charge in [-0.15, -0.1) is 0 Å². The van der Waals surface area contributed by atoms with E-state index in [1.165, 1.54) is 0 Å². The minimum atomic E-state index is -2.45. The first kappa shape index (κ1) is 13.1. The monoisotopic (exact) mass is 259 g/mol. The Balaban J connectivity index is 1.95. The first-order valence-corrected chi connectivity index (χ1v) is 5.74. The fraction of sp³-hybridized carbons (Fsp3) is 0.636. The van der Waals surface area contributed by atoms with Gasteiger partial charge in [0.1, 0.15) is 18.2 Å². The third-order valence-corrected chi connectivity index (χ3v) is 2.61. The molecule has 2 heterocycles. The fourth-order valence-electron chi connectivity index (χ4n) is 1.76. The molecule has 0 unspecified atom stereocenters. The number of nitrogen functional groups attached to an aromatic ring is 1. The van der Waals surface area contributed by atoms with Crippen molar-refractivity contribution < 1.29 is 18.3 Å². The summed E-state index contributed by atoms with van der Waals surface area (Å²) in [6, 6.07) is 0. The van der Waals surface area contributed by atoms with Gasteiger partial charge in [-0.25, -0.2) is 18.7 Å². The van der Waals surface area contributed by atoms with Crippen molar-refractivity contribution in [3.63, 3.8) is 0 Å². The number of rotatable bonds is 5. The summed E-state index contributed by atoms with van der Waals surface area (Å²) in [4.78, 5) is 8.47. The quantitative estimate of drug-likeness (QED) is 0.797. The van der Waals surface area contributed by atoms with Crippen molar-refractivity contribution in [1.82, 2.24) is 9.97 Å². The summed E-state index contributed by atoms with van der Waals surface area (Å²) < 4.78 is 33.8. The molecular formula is C11H15F2N3O2. The van der Waals surface area contributed by atoms with Crippen molar-refractivity contribution in [3.8, 4) is 0 Å². The third kappa shape index (κ3) is 3.33. The van der Waals surface area contributed by atoms with Crippen molar-refractivity contribution in [3.05, 3.63) is 17.1 Å². The summed E-state index contributed by atoms with van der Waals surface area (Å²) in [6.45, 7) is 0.654. The predicted octanol–water partition coefficient (Wildman–Crippen LogP) is 0.956. The average Bonchev–Trinajstić information content (AvgIpc) is 2.35. The van der Waals surface area contributed by atoms with Gasteiger partial charge in [-0.05, 0) is 0 Å². The number of ether oxygens (including phenoxy) is 2. The van der Waals surface area contributed by atoms with Crippen LogP contribution >= 0.6 is 0 Å². The molecule has 100 valence electrons. The highest BCUT2D eigenvalue weighted by atomic mass is 19.3. The van der Waals surface area contributed by atoms with E-state index in [2.05, 4.69) is 9.97 Å². The Labute approximate surface area is 103 Å². The Morgan fingerprint density at radius 3 is 3.00 bits per heavy atom. The molecule has 7 heteroatoms. The molecule has 0 fully saturated rings. The van der Waals surface area contributed by atoms with E-state index < -0.39 is 13.0 Å². The Hall–Kier alpha value is -1.34. The summed E-state index contributed by atoms with van der Waals surface area (Å²) in [5, 5.41) is 0. The van der Waals surface area contributed by atoms with Crippen LogP contribution in [0, 0.1) is 0 Å². The molecule has 1 aromatic rings. The Morgan fingerprint density at radius 2 is 2.22 bits per heavy atom. The zero-order valence-electron chi connectivity index (χ0n) is 9.86. The van der Waals surface area contributed by atoms with Crippen LogP contribution in [-0.2, 0) is 28.9 Å². The van der Waals surface area contributed by atoms with E-state index in [1.807, 2.05) is 0 Å². The first-order valence-electron chi connectivity index (χ1n) is 5.74. The van der Waals surface area contributed by atoms with Crippen molar-refractivity contribution in [2.75, 3.05) is 25.6 Å². The number of fused-ring (bicyclic) bond motifs is 1. The summed E-state index contributed by atoms with van der Waals surface area (Å²) in [5.41, 5.74) is 7.52. The number of hydrogen-bond donors (Lipinski definition) is 1. The standard InChI is InChI=1S/C11H15F2N3O2/c12-9(13)6-18-4-2-10-15-8-1-3-17-5-7(8)11(14)16-10/h9H,1-6H2,(H2,14,15,16). The van der Waals surface area contributed by atoms with E-state index in [1.54, 1.807) is 0 Å². The van der Waals surface area contributed by atoms with E-state index >= 15 is 0 Å². The van der Waals surface area contributed by atoms with Gasteiger partial charge in [0, 0.05) is 18.4 Å². The van der Waals surface area contributed by atoms with Crippen LogP contribution < -0.4 is 5.73 Å². The average molecular weight is 259 g/mol. The van der Waals surface area contributed by atoms with Crippen LogP contribution in [0.3, 0.4) is 0 Å². The first-order chi connectivity index (χ1) is 8.66. The maximum absolute atomic E-state index is 11.9. The Bertz CT molecular complexity index is 416. The second kappa shape index (κ2) is 6.01. The lowest BCUT2D eigenvalue weighted by Gasteiger charge is -2.17. The second-order valence-electron chi connectivity index (χ2n) is 3.97. The van der Waals surface area contributed by atoms with Gasteiger partial charge in [-0.2, -0.15) is 0 Å². The molecule has 1 aliphatic rings. The molecular weight excluding hydrogens is 244 g/mol. The number of anilines is 1. The molecule has 2 N–H and O–H groups in total. The van der Waals surface area contributed by atoms with Gasteiger partial charge in [0.2, 0.25) is 0 Å². The Kier molecular flexibility index (Phi) is 4.38. The SMILES string of the molecule is Nc1nc(CCOCC(F)F)nc2c1COCC2. The van der Waals surface area contributed by atoms with Crippen LogP contribution in [0.2, 0.25) is 0 Å². The van der Waals surface area contributed by atoms with Crippen molar-refractivity contribution >= 4 is 5.82 Å². The highest BCUT2D eigenvalue weighted by Crippen LogP contribution is 2.19. The lowest BCUT2D eigenvalue weighted by molar-refractivity contribution is 0.0182. The zero-order valence-corrected chi connectivity index (χ0v) is 9.86. The number of aromatic nitrogens is 2. The molecule has 0 aliphatic carbocycles. The van der Waals surface area contributed by atoms with Gasteiger partial charge >= 0.3 is 0 Å². The normalized spacial score (nSPS) is 14.8. The molecule has 0 spiro atoms. The highest BCUT2D eigenvalue weighted by molar-refractivity contribution is 5.42. The summed E-state index contributed by atoms with van der Waals surface area (Å²) in [7, 11) is 0. The minimum Gasteiger partial charge on any atom is -0.383 e. The second-order valence-corrected chi connectivity index (χ2v) is 3.97. The number of nitrogens with two attached hydrogens (primary N) is 1. The van der Waals surface area contributed by atoms with Crippen molar-refractivity contribution in [2.24, 2.45) is 0 Å². The topological polar surface area (TPSA) is 70.3 Å². The largest absolute Gasteiger partial charge is 0.383 e.